The third kappa shape index (κ3) is 6.22. The van der Waals surface area contributed by atoms with Crippen molar-refractivity contribution in [2.75, 3.05) is 12.9 Å². The maximum absolute atomic E-state index is 12.5. The summed E-state index contributed by atoms with van der Waals surface area (Å²) >= 11 is 7.02. The number of nitrogens with zero attached hydrogens (tertiary/aromatic N) is 4. The molecule has 2 aromatic carbocycles. The predicted molar refractivity (Wildman–Crippen MR) is 120 cm³/mol. The van der Waals surface area contributed by atoms with Crippen LogP contribution in [0.25, 0.3) is 0 Å². The number of rotatable bonds is 9. The lowest BCUT2D eigenvalue weighted by molar-refractivity contribution is -0.118. The monoisotopic (exact) mass is 495 g/mol. The van der Waals surface area contributed by atoms with E-state index in [-0.39, 0.29) is 28.1 Å². The van der Waals surface area contributed by atoms with Crippen molar-refractivity contribution in [2.24, 2.45) is 12.1 Å². The summed E-state index contributed by atoms with van der Waals surface area (Å²) in [6.45, 7) is 0. The third-order valence-electron chi connectivity index (χ3n) is 3.89. The Morgan fingerprint density at radius 1 is 1.25 bits per heavy atom. The van der Waals surface area contributed by atoms with E-state index in [0.29, 0.717) is 15.7 Å². The van der Waals surface area contributed by atoms with Crippen LogP contribution in [0.2, 0.25) is 5.02 Å². The Morgan fingerprint density at radius 2 is 2.00 bits per heavy atom. The fourth-order valence-electron chi connectivity index (χ4n) is 2.35. The normalized spacial score (nSPS) is 11.5. The summed E-state index contributed by atoms with van der Waals surface area (Å²) in [4.78, 5) is 11.9. The second kappa shape index (κ2) is 10.5. The molecule has 1 amide bonds. The third-order valence-corrected chi connectivity index (χ3v) is 6.43. The van der Waals surface area contributed by atoms with Gasteiger partial charge in [0.2, 0.25) is 0 Å². The van der Waals surface area contributed by atoms with Gasteiger partial charge in [0.1, 0.15) is 11.2 Å². The largest absolute Gasteiger partial charge is 0.493 e. The lowest BCUT2D eigenvalue weighted by atomic mass is 10.2. The number of aromatic nitrogens is 3. The molecule has 0 saturated carbocycles. The van der Waals surface area contributed by atoms with Gasteiger partial charge in [-0.05, 0) is 48.0 Å². The molecule has 3 aromatic rings. The first-order valence-electron chi connectivity index (χ1n) is 8.95. The van der Waals surface area contributed by atoms with Crippen LogP contribution in [-0.4, -0.2) is 48.2 Å². The Labute approximate surface area is 193 Å². The lowest BCUT2D eigenvalue weighted by Gasteiger charge is -2.11. The minimum absolute atomic E-state index is 0.00344. The molecular weight excluding hydrogens is 478 g/mol. The Hall–Kier alpha value is -3.09. The standard InChI is InChI=1S/C19H18ClN5O5S2/c1-25-12-22-24-19(25)31-11-18(26)23-21-10-13-3-8-16(17(9-13)29-2)30-32(27,28)15-6-4-14(20)5-7-15/h3-10,12H,11H2,1-2H3,(H,23,26). The van der Waals surface area contributed by atoms with Crippen LogP contribution in [0.1, 0.15) is 5.56 Å². The van der Waals surface area contributed by atoms with E-state index >= 15 is 0 Å². The molecule has 1 aromatic heterocycles. The van der Waals surface area contributed by atoms with E-state index in [1.54, 1.807) is 24.0 Å². The van der Waals surface area contributed by atoms with Gasteiger partial charge in [-0.1, -0.05) is 23.4 Å². The average molecular weight is 496 g/mol. The smallest absolute Gasteiger partial charge is 0.339 e. The first kappa shape index (κ1) is 23.6. The van der Waals surface area contributed by atoms with Crippen molar-refractivity contribution >= 4 is 45.6 Å². The molecule has 1 heterocycles. The van der Waals surface area contributed by atoms with Crippen LogP contribution in [0.5, 0.6) is 11.5 Å². The first-order valence-corrected chi connectivity index (χ1v) is 11.7. The maximum Gasteiger partial charge on any atom is 0.339 e. The van der Waals surface area contributed by atoms with Crippen LogP contribution < -0.4 is 14.3 Å². The van der Waals surface area contributed by atoms with E-state index in [2.05, 4.69) is 20.7 Å². The van der Waals surface area contributed by atoms with E-state index in [4.69, 9.17) is 20.5 Å². The quantitative estimate of drug-likeness (QED) is 0.208. The van der Waals surface area contributed by atoms with Gasteiger partial charge in [-0.25, -0.2) is 5.43 Å². The van der Waals surface area contributed by atoms with Crippen LogP contribution in [-0.2, 0) is 22.0 Å². The summed E-state index contributed by atoms with van der Waals surface area (Å²) in [5, 5.41) is 12.5. The van der Waals surface area contributed by atoms with Crippen molar-refractivity contribution in [3.05, 3.63) is 59.4 Å². The molecule has 0 atom stereocenters. The Kier molecular flexibility index (Phi) is 7.72. The van der Waals surface area contributed by atoms with Gasteiger partial charge in [0.15, 0.2) is 16.7 Å². The topological polar surface area (TPSA) is 125 Å². The number of carbonyl (C=O) groups excluding carboxylic acids is 1. The number of hydrogen-bond donors (Lipinski definition) is 1. The fourth-order valence-corrected chi connectivity index (χ4v) is 4.09. The molecule has 32 heavy (non-hydrogen) atoms. The molecule has 0 aliphatic carbocycles. The number of nitrogens with one attached hydrogen (secondary N) is 1. The number of thioether (sulfide) groups is 1. The van der Waals surface area contributed by atoms with Gasteiger partial charge in [-0.15, -0.1) is 10.2 Å². The summed E-state index contributed by atoms with van der Waals surface area (Å²) in [7, 11) is -0.919. The van der Waals surface area contributed by atoms with Crippen molar-refractivity contribution < 1.29 is 22.1 Å². The molecule has 13 heteroatoms. The van der Waals surface area contributed by atoms with Crippen molar-refractivity contribution in [3.63, 3.8) is 0 Å². The Bertz CT molecular complexity index is 1230. The van der Waals surface area contributed by atoms with E-state index in [0.717, 1.165) is 0 Å². The summed E-state index contributed by atoms with van der Waals surface area (Å²) in [5.74, 6) is -0.0303. The SMILES string of the molecule is COc1cc(C=NNC(=O)CSc2nncn2C)ccc1OS(=O)(=O)c1ccc(Cl)cc1. The van der Waals surface area contributed by atoms with Crippen molar-refractivity contribution in [1.29, 1.82) is 0 Å². The average Bonchev–Trinajstić information content (AvgIpc) is 3.18. The molecule has 3 rings (SSSR count). The summed E-state index contributed by atoms with van der Waals surface area (Å²) in [6, 6.07) is 10.1. The second-order valence-electron chi connectivity index (χ2n) is 6.21. The van der Waals surface area contributed by atoms with E-state index in [1.165, 1.54) is 61.5 Å². The van der Waals surface area contributed by atoms with Gasteiger partial charge in [0, 0.05) is 12.1 Å². The highest BCUT2D eigenvalue weighted by Gasteiger charge is 2.19. The first-order chi connectivity index (χ1) is 15.3. The molecule has 10 nitrogen and oxygen atoms in total. The summed E-state index contributed by atoms with van der Waals surface area (Å²) < 4.78 is 37.1. The highest BCUT2D eigenvalue weighted by Crippen LogP contribution is 2.30. The number of benzene rings is 2. The summed E-state index contributed by atoms with van der Waals surface area (Å²) in [5.41, 5.74) is 2.96. The Balaban J connectivity index is 1.62. The molecule has 0 spiro atoms. The molecule has 0 radical (unpaired) electrons. The van der Waals surface area contributed by atoms with E-state index in [9.17, 15) is 13.2 Å². The number of hydrazone groups is 1. The molecule has 0 aliphatic heterocycles. The molecule has 0 unspecified atom stereocenters. The van der Waals surface area contributed by atoms with Crippen molar-refractivity contribution in [2.45, 2.75) is 10.1 Å². The van der Waals surface area contributed by atoms with Gasteiger partial charge < -0.3 is 13.5 Å². The molecule has 168 valence electrons. The van der Waals surface area contributed by atoms with Crippen LogP contribution in [0.3, 0.4) is 0 Å². The number of hydrogen-bond acceptors (Lipinski definition) is 9. The van der Waals surface area contributed by atoms with Gasteiger partial charge in [0.05, 0.1) is 19.1 Å². The number of ether oxygens (including phenoxy) is 1. The molecule has 0 fully saturated rings. The lowest BCUT2D eigenvalue weighted by Crippen LogP contribution is -2.19. The molecular formula is C19H18ClN5O5S2. The maximum atomic E-state index is 12.5. The number of methoxy groups -OCH3 is 1. The van der Waals surface area contributed by atoms with Crippen molar-refractivity contribution in [1.82, 2.24) is 20.2 Å². The number of carbonyl (C=O) groups is 1. The van der Waals surface area contributed by atoms with Crippen LogP contribution in [0.15, 0.2) is 63.9 Å². The summed E-state index contributed by atoms with van der Waals surface area (Å²) in [6.07, 6.45) is 2.94. The number of aryl methyl sites for hydroxylation is 1. The van der Waals surface area contributed by atoms with E-state index in [1.807, 2.05) is 0 Å². The molecule has 0 bridgehead atoms. The fraction of sp³-hybridized carbons (Fsp3) is 0.158. The minimum atomic E-state index is -4.07. The van der Waals surface area contributed by atoms with Crippen LogP contribution in [0, 0.1) is 0 Å². The van der Waals surface area contributed by atoms with Crippen molar-refractivity contribution in [3.8, 4) is 11.5 Å². The van der Waals surface area contributed by atoms with Gasteiger partial charge in [0.25, 0.3) is 5.91 Å². The highest BCUT2D eigenvalue weighted by molar-refractivity contribution is 7.99. The zero-order chi connectivity index (χ0) is 23.1. The number of amides is 1. The Morgan fingerprint density at radius 3 is 2.66 bits per heavy atom. The number of halogens is 1. The van der Waals surface area contributed by atoms with E-state index < -0.39 is 10.1 Å². The highest BCUT2D eigenvalue weighted by atomic mass is 35.5. The molecule has 0 saturated heterocycles. The van der Waals surface area contributed by atoms with Gasteiger partial charge in [-0.2, -0.15) is 13.5 Å². The molecule has 0 aliphatic rings. The van der Waals surface area contributed by atoms with Crippen LogP contribution in [0.4, 0.5) is 0 Å². The van der Waals surface area contributed by atoms with Gasteiger partial charge >= 0.3 is 10.1 Å². The minimum Gasteiger partial charge on any atom is -0.493 e. The second-order valence-corrected chi connectivity index (χ2v) is 9.13. The zero-order valence-electron chi connectivity index (χ0n) is 16.9. The van der Waals surface area contributed by atoms with Crippen LogP contribution >= 0.6 is 23.4 Å². The zero-order valence-corrected chi connectivity index (χ0v) is 19.3. The molecule has 1 N–H and O–H groups in total. The van der Waals surface area contributed by atoms with Gasteiger partial charge in [-0.3, -0.25) is 4.79 Å². The predicted octanol–water partition coefficient (Wildman–Crippen LogP) is 2.49.